The molecule has 1 saturated carbocycles. The molecule has 0 radical (unpaired) electrons. The molecule has 17 heavy (non-hydrogen) atoms. The van der Waals surface area contributed by atoms with E-state index in [0.29, 0.717) is 22.0 Å². The van der Waals surface area contributed by atoms with Crippen LogP contribution < -0.4 is 5.32 Å². The molecule has 0 amide bonds. The fourth-order valence-corrected chi connectivity index (χ4v) is 3.30. The lowest BCUT2D eigenvalue weighted by Crippen LogP contribution is -2.27. The molecule has 0 aliphatic heterocycles. The molecule has 1 nitrogen and oxygen atoms in total. The summed E-state index contributed by atoms with van der Waals surface area (Å²) < 4.78 is 0. The minimum absolute atomic E-state index is 0.335. The van der Waals surface area contributed by atoms with E-state index >= 15 is 0 Å². The van der Waals surface area contributed by atoms with Gasteiger partial charge in [0.2, 0.25) is 0 Å². The second kappa shape index (κ2) is 6.08. The molecule has 3 heteroatoms. The van der Waals surface area contributed by atoms with Gasteiger partial charge in [-0.15, -0.1) is 0 Å². The summed E-state index contributed by atoms with van der Waals surface area (Å²) >= 11 is 12.4. The van der Waals surface area contributed by atoms with Crippen molar-refractivity contribution in [2.24, 2.45) is 5.92 Å². The number of halogens is 2. The van der Waals surface area contributed by atoms with Gasteiger partial charge in [-0.2, -0.15) is 0 Å². The summed E-state index contributed by atoms with van der Waals surface area (Å²) in [6.07, 6.45) is 6.61. The molecule has 1 aliphatic carbocycles. The highest BCUT2D eigenvalue weighted by atomic mass is 35.5. The van der Waals surface area contributed by atoms with Crippen molar-refractivity contribution < 1.29 is 0 Å². The van der Waals surface area contributed by atoms with E-state index in [1.54, 1.807) is 0 Å². The van der Waals surface area contributed by atoms with Gasteiger partial charge in [-0.3, -0.25) is 0 Å². The maximum atomic E-state index is 6.31. The van der Waals surface area contributed by atoms with Crippen molar-refractivity contribution in [1.82, 2.24) is 5.32 Å². The third kappa shape index (κ3) is 2.96. The lowest BCUT2D eigenvalue weighted by atomic mass is 9.81. The normalized spacial score (nSPS) is 19.2. The second-order valence-electron chi connectivity index (χ2n) is 4.81. The number of rotatable bonds is 3. The van der Waals surface area contributed by atoms with Crippen LogP contribution in [0.5, 0.6) is 0 Å². The van der Waals surface area contributed by atoms with E-state index in [1.165, 1.54) is 32.1 Å². The Morgan fingerprint density at radius 3 is 2.53 bits per heavy atom. The molecule has 1 unspecified atom stereocenters. The third-order valence-corrected chi connectivity index (χ3v) is 4.58. The predicted molar refractivity (Wildman–Crippen MR) is 74.8 cm³/mol. The first-order valence-corrected chi connectivity index (χ1v) is 7.11. The van der Waals surface area contributed by atoms with E-state index in [4.69, 9.17) is 23.2 Å². The highest BCUT2D eigenvalue weighted by Crippen LogP contribution is 2.38. The van der Waals surface area contributed by atoms with Crippen molar-refractivity contribution in [2.75, 3.05) is 7.05 Å². The minimum Gasteiger partial charge on any atom is -0.313 e. The lowest BCUT2D eigenvalue weighted by molar-refractivity contribution is 0.282. The van der Waals surface area contributed by atoms with Crippen molar-refractivity contribution in [3.05, 3.63) is 33.8 Å². The summed E-state index contributed by atoms with van der Waals surface area (Å²) in [5.74, 6) is 0.685. The van der Waals surface area contributed by atoms with Gasteiger partial charge in [-0.25, -0.2) is 0 Å². The predicted octanol–water partition coefficient (Wildman–Crippen LogP) is 4.83. The Morgan fingerprint density at radius 1 is 1.18 bits per heavy atom. The Hall–Kier alpha value is -0.240. The van der Waals surface area contributed by atoms with Gasteiger partial charge in [0.15, 0.2) is 0 Å². The average Bonchev–Trinajstić information content (AvgIpc) is 2.37. The van der Waals surface area contributed by atoms with Crippen molar-refractivity contribution in [3.63, 3.8) is 0 Å². The van der Waals surface area contributed by atoms with E-state index < -0.39 is 0 Å². The van der Waals surface area contributed by atoms with Crippen molar-refractivity contribution in [2.45, 2.75) is 38.1 Å². The zero-order valence-electron chi connectivity index (χ0n) is 10.2. The van der Waals surface area contributed by atoms with Gasteiger partial charge in [0.1, 0.15) is 0 Å². The topological polar surface area (TPSA) is 12.0 Å². The van der Waals surface area contributed by atoms with Crippen LogP contribution in [0, 0.1) is 5.92 Å². The van der Waals surface area contributed by atoms with Gasteiger partial charge in [-0.05, 0) is 37.4 Å². The molecule has 0 heterocycles. The summed E-state index contributed by atoms with van der Waals surface area (Å²) in [7, 11) is 2.01. The minimum atomic E-state index is 0.335. The number of hydrogen-bond donors (Lipinski definition) is 1. The molecular formula is C14H19Cl2N. The summed E-state index contributed by atoms with van der Waals surface area (Å²) in [6, 6.07) is 6.25. The Bertz CT molecular complexity index is 372. The summed E-state index contributed by atoms with van der Waals surface area (Å²) in [5.41, 5.74) is 1.15. The van der Waals surface area contributed by atoms with Crippen LogP contribution in [0.15, 0.2) is 18.2 Å². The first-order valence-electron chi connectivity index (χ1n) is 6.35. The highest BCUT2D eigenvalue weighted by molar-refractivity contribution is 6.42. The maximum Gasteiger partial charge on any atom is 0.0640 e. The first kappa shape index (κ1) is 13.2. The van der Waals surface area contributed by atoms with Crippen LogP contribution in [0.3, 0.4) is 0 Å². The van der Waals surface area contributed by atoms with E-state index in [0.717, 1.165) is 5.56 Å². The quantitative estimate of drug-likeness (QED) is 0.830. The van der Waals surface area contributed by atoms with Gasteiger partial charge in [-0.1, -0.05) is 54.6 Å². The summed E-state index contributed by atoms with van der Waals surface area (Å²) in [5, 5.41) is 4.77. The zero-order valence-corrected chi connectivity index (χ0v) is 11.7. The van der Waals surface area contributed by atoms with Gasteiger partial charge in [0, 0.05) is 6.04 Å². The third-order valence-electron chi connectivity index (χ3n) is 3.75. The van der Waals surface area contributed by atoms with E-state index in [-0.39, 0.29) is 0 Å². The van der Waals surface area contributed by atoms with Crippen LogP contribution >= 0.6 is 23.2 Å². The van der Waals surface area contributed by atoms with Crippen LogP contribution in [0.2, 0.25) is 10.0 Å². The van der Waals surface area contributed by atoms with E-state index in [2.05, 4.69) is 11.4 Å². The van der Waals surface area contributed by atoms with Gasteiger partial charge < -0.3 is 5.32 Å². The molecule has 1 aliphatic rings. The fraction of sp³-hybridized carbons (Fsp3) is 0.571. The Balaban J connectivity index is 2.24. The standard InChI is InChI=1S/C14H19Cl2N/c1-17-14(10-6-3-2-4-7-10)11-8-5-9-12(15)13(11)16/h5,8-10,14,17H,2-4,6-7H2,1H3. The summed E-state index contributed by atoms with van der Waals surface area (Å²) in [6.45, 7) is 0. The van der Waals surface area contributed by atoms with E-state index in [1.807, 2.05) is 19.2 Å². The Morgan fingerprint density at radius 2 is 1.88 bits per heavy atom. The molecule has 0 aromatic heterocycles. The fourth-order valence-electron chi connectivity index (χ4n) is 2.87. The molecule has 1 fully saturated rings. The average molecular weight is 272 g/mol. The zero-order chi connectivity index (χ0) is 12.3. The van der Waals surface area contributed by atoms with E-state index in [9.17, 15) is 0 Å². The maximum absolute atomic E-state index is 6.31. The highest BCUT2D eigenvalue weighted by Gasteiger charge is 2.25. The molecule has 94 valence electrons. The Labute approximate surface area is 114 Å². The molecule has 2 rings (SSSR count). The second-order valence-corrected chi connectivity index (χ2v) is 5.59. The van der Waals surface area contributed by atoms with Crippen LogP contribution in [0.4, 0.5) is 0 Å². The number of hydrogen-bond acceptors (Lipinski definition) is 1. The number of benzene rings is 1. The van der Waals surface area contributed by atoms with Gasteiger partial charge in [0.05, 0.1) is 10.0 Å². The van der Waals surface area contributed by atoms with Gasteiger partial charge >= 0.3 is 0 Å². The molecule has 1 N–H and O–H groups in total. The Kier molecular flexibility index (Phi) is 4.72. The first-order chi connectivity index (χ1) is 8.24. The van der Waals surface area contributed by atoms with Crippen LogP contribution in [-0.2, 0) is 0 Å². The van der Waals surface area contributed by atoms with Crippen molar-refractivity contribution >= 4 is 23.2 Å². The van der Waals surface area contributed by atoms with Crippen LogP contribution in [0.1, 0.15) is 43.7 Å². The SMILES string of the molecule is CNC(c1cccc(Cl)c1Cl)C1CCCCC1. The van der Waals surface area contributed by atoms with Crippen molar-refractivity contribution in [1.29, 1.82) is 0 Å². The largest absolute Gasteiger partial charge is 0.313 e. The smallest absolute Gasteiger partial charge is 0.0640 e. The summed E-state index contributed by atoms with van der Waals surface area (Å²) in [4.78, 5) is 0. The van der Waals surface area contributed by atoms with Crippen LogP contribution in [-0.4, -0.2) is 7.05 Å². The van der Waals surface area contributed by atoms with Crippen LogP contribution in [0.25, 0.3) is 0 Å². The molecule has 1 atom stereocenters. The molecule has 0 spiro atoms. The molecule has 1 aromatic rings. The molecule has 0 saturated heterocycles. The number of nitrogens with one attached hydrogen (secondary N) is 1. The molecule has 0 bridgehead atoms. The van der Waals surface area contributed by atoms with Crippen molar-refractivity contribution in [3.8, 4) is 0 Å². The monoisotopic (exact) mass is 271 g/mol. The lowest BCUT2D eigenvalue weighted by Gasteiger charge is -2.31. The molecule has 1 aromatic carbocycles. The van der Waals surface area contributed by atoms with Gasteiger partial charge in [0.25, 0.3) is 0 Å². The molecular weight excluding hydrogens is 253 g/mol.